The van der Waals surface area contributed by atoms with Crippen molar-refractivity contribution in [3.63, 3.8) is 0 Å². The number of rotatable bonds is 7. The molecular formula is C31H25F3N2O4. The van der Waals surface area contributed by atoms with Crippen LogP contribution >= 0.6 is 0 Å². The monoisotopic (exact) mass is 546 g/mol. The standard InChI is InChI=1S/C31H25F3N2O4/c32-31(33,34)27-14-23(21-4-6-22(7-5-21)29(38)36-16-30(17-36)18-39-19-30)12-24-13-26(40-28(24)27)10-9-25(37)8-3-20-2-1-11-35-15-20/h1-8,11-15H,9-10,16-19H2/b8-3+. The molecule has 4 aromatic rings. The number of benzene rings is 2. The van der Waals surface area contributed by atoms with Crippen molar-refractivity contribution in [2.24, 2.45) is 5.41 Å². The fourth-order valence-electron chi connectivity index (χ4n) is 5.17. The summed E-state index contributed by atoms with van der Waals surface area (Å²) >= 11 is 0. The zero-order valence-electron chi connectivity index (χ0n) is 21.4. The molecule has 2 fully saturated rings. The number of ether oxygens (including phenoxy) is 1. The highest BCUT2D eigenvalue weighted by Gasteiger charge is 2.50. The molecular weight excluding hydrogens is 521 g/mol. The lowest BCUT2D eigenvalue weighted by molar-refractivity contribution is -0.176. The lowest BCUT2D eigenvalue weighted by Gasteiger charge is -2.54. The maximum Gasteiger partial charge on any atom is 0.420 e. The van der Waals surface area contributed by atoms with Gasteiger partial charge in [-0.25, -0.2) is 0 Å². The van der Waals surface area contributed by atoms with E-state index >= 15 is 0 Å². The summed E-state index contributed by atoms with van der Waals surface area (Å²) in [6.45, 7) is 2.67. The zero-order chi connectivity index (χ0) is 27.9. The molecule has 2 aliphatic heterocycles. The van der Waals surface area contributed by atoms with Gasteiger partial charge in [-0.1, -0.05) is 18.2 Å². The summed E-state index contributed by atoms with van der Waals surface area (Å²) in [6.07, 6.45) is 1.94. The number of pyridine rings is 1. The molecule has 0 radical (unpaired) electrons. The van der Waals surface area contributed by atoms with Gasteiger partial charge in [0.15, 0.2) is 5.78 Å². The molecule has 0 N–H and O–H groups in total. The van der Waals surface area contributed by atoms with Crippen LogP contribution in [0.1, 0.15) is 33.7 Å². The molecule has 40 heavy (non-hydrogen) atoms. The van der Waals surface area contributed by atoms with E-state index in [1.807, 2.05) is 6.07 Å². The molecule has 2 aromatic heterocycles. The molecule has 2 aromatic carbocycles. The molecule has 2 saturated heterocycles. The Kier molecular flexibility index (Phi) is 6.54. The van der Waals surface area contributed by atoms with Crippen molar-refractivity contribution in [1.29, 1.82) is 0 Å². The summed E-state index contributed by atoms with van der Waals surface area (Å²) in [5, 5.41) is 0.298. The topological polar surface area (TPSA) is 72.6 Å². The van der Waals surface area contributed by atoms with Gasteiger partial charge >= 0.3 is 6.18 Å². The summed E-state index contributed by atoms with van der Waals surface area (Å²) in [4.78, 5) is 30.8. The third-order valence-electron chi connectivity index (χ3n) is 7.36. The molecule has 204 valence electrons. The largest absolute Gasteiger partial charge is 0.460 e. The number of hydrogen-bond donors (Lipinski definition) is 0. The molecule has 4 heterocycles. The number of carbonyl (C=O) groups excluding carboxylic acids is 2. The van der Waals surface area contributed by atoms with Crippen molar-refractivity contribution < 1.29 is 31.9 Å². The molecule has 0 unspecified atom stereocenters. The average molecular weight is 547 g/mol. The molecule has 0 atom stereocenters. The minimum absolute atomic E-state index is 0.0887. The van der Waals surface area contributed by atoms with Crippen molar-refractivity contribution in [1.82, 2.24) is 9.88 Å². The Labute approximate surface area is 228 Å². The van der Waals surface area contributed by atoms with Crippen LogP contribution in [-0.2, 0) is 22.1 Å². The maximum atomic E-state index is 14.0. The highest BCUT2D eigenvalue weighted by molar-refractivity contribution is 5.96. The van der Waals surface area contributed by atoms with Gasteiger partial charge in [-0.3, -0.25) is 14.6 Å². The van der Waals surface area contributed by atoms with Gasteiger partial charge in [0.25, 0.3) is 5.91 Å². The Morgan fingerprint density at radius 2 is 1.80 bits per heavy atom. The Hall–Kier alpha value is -4.24. The van der Waals surface area contributed by atoms with Crippen LogP contribution in [0.3, 0.4) is 0 Å². The number of nitrogens with zero attached hydrogens (tertiary/aromatic N) is 2. The first-order chi connectivity index (χ1) is 19.2. The second kappa shape index (κ2) is 10.1. The van der Waals surface area contributed by atoms with E-state index in [0.29, 0.717) is 54.1 Å². The number of likely N-dealkylation sites (tertiary alicyclic amines) is 1. The molecule has 6 nitrogen and oxygen atoms in total. The molecule has 0 saturated carbocycles. The SMILES string of the molecule is O=C(/C=C/c1cccnc1)CCc1cc2cc(-c3ccc(C(=O)N4CC5(COC5)C4)cc3)cc(C(F)(F)F)c2o1. The molecule has 9 heteroatoms. The van der Waals surface area contributed by atoms with Gasteiger partial charge in [-0.2, -0.15) is 13.2 Å². The quantitative estimate of drug-likeness (QED) is 0.258. The highest BCUT2D eigenvalue weighted by atomic mass is 19.4. The minimum atomic E-state index is -4.64. The number of fused-ring (bicyclic) bond motifs is 1. The van der Waals surface area contributed by atoms with E-state index in [1.54, 1.807) is 65.8 Å². The van der Waals surface area contributed by atoms with E-state index in [9.17, 15) is 22.8 Å². The fraction of sp³-hybridized carbons (Fsp3) is 0.258. The van der Waals surface area contributed by atoms with Crippen molar-refractivity contribution >= 4 is 28.7 Å². The molecule has 2 aliphatic rings. The Balaban J connectivity index is 1.19. The highest BCUT2D eigenvalue weighted by Crippen LogP contribution is 2.40. The molecule has 6 rings (SSSR count). The average Bonchev–Trinajstić information content (AvgIpc) is 3.31. The second-order valence-corrected chi connectivity index (χ2v) is 10.5. The summed E-state index contributed by atoms with van der Waals surface area (Å²) in [5.41, 5.74) is 1.13. The first-order valence-electron chi connectivity index (χ1n) is 12.9. The smallest absolute Gasteiger partial charge is 0.420 e. The lowest BCUT2D eigenvalue weighted by atomic mass is 9.78. The first-order valence-corrected chi connectivity index (χ1v) is 12.9. The molecule has 1 spiro atoms. The van der Waals surface area contributed by atoms with Crippen LogP contribution < -0.4 is 0 Å². The third kappa shape index (κ3) is 5.16. The fourth-order valence-corrected chi connectivity index (χ4v) is 5.17. The number of hydrogen-bond acceptors (Lipinski definition) is 5. The lowest BCUT2D eigenvalue weighted by Crippen LogP contribution is -2.67. The van der Waals surface area contributed by atoms with Crippen LogP contribution in [0, 0.1) is 5.41 Å². The van der Waals surface area contributed by atoms with Crippen LogP contribution in [-0.4, -0.2) is 47.9 Å². The molecule has 0 bridgehead atoms. The van der Waals surface area contributed by atoms with Crippen molar-refractivity contribution in [3.05, 3.63) is 95.5 Å². The minimum Gasteiger partial charge on any atom is -0.460 e. The summed E-state index contributed by atoms with van der Waals surface area (Å²) in [7, 11) is 0. The van der Waals surface area contributed by atoms with Crippen molar-refractivity contribution in [3.8, 4) is 11.1 Å². The second-order valence-electron chi connectivity index (χ2n) is 10.5. The summed E-state index contributed by atoms with van der Waals surface area (Å²) < 4.78 is 52.9. The Morgan fingerprint density at radius 1 is 1.02 bits per heavy atom. The number of carbonyl (C=O) groups is 2. The van der Waals surface area contributed by atoms with Crippen LogP contribution in [0.4, 0.5) is 13.2 Å². The number of halogens is 3. The predicted octanol–water partition coefficient (Wildman–Crippen LogP) is 6.20. The first kappa shape index (κ1) is 26.0. The van der Waals surface area contributed by atoms with E-state index in [2.05, 4.69) is 4.98 Å². The van der Waals surface area contributed by atoms with E-state index in [0.717, 1.165) is 11.6 Å². The van der Waals surface area contributed by atoms with Gasteiger partial charge in [-0.05, 0) is 65.2 Å². The molecule has 0 aliphatic carbocycles. The number of allylic oxidation sites excluding steroid dienone is 1. The maximum absolute atomic E-state index is 14.0. The van der Waals surface area contributed by atoms with Crippen LogP contribution in [0.5, 0.6) is 0 Å². The number of aryl methyl sites for hydroxylation is 1. The summed E-state index contributed by atoms with van der Waals surface area (Å²) in [5.74, 6) is 0.0239. The normalized spacial score (nSPS) is 16.3. The number of alkyl halides is 3. The number of aromatic nitrogens is 1. The molecule has 1 amide bonds. The number of ketones is 1. The van der Waals surface area contributed by atoms with Gasteiger partial charge in [0.05, 0.1) is 24.2 Å². The van der Waals surface area contributed by atoms with Crippen LogP contribution in [0.25, 0.3) is 28.2 Å². The third-order valence-corrected chi connectivity index (χ3v) is 7.36. The van der Waals surface area contributed by atoms with Gasteiger partial charge in [0.2, 0.25) is 0 Å². The predicted molar refractivity (Wildman–Crippen MR) is 142 cm³/mol. The Bertz CT molecular complexity index is 1600. The van der Waals surface area contributed by atoms with Crippen LogP contribution in [0.2, 0.25) is 0 Å². The van der Waals surface area contributed by atoms with Crippen molar-refractivity contribution in [2.75, 3.05) is 26.3 Å². The van der Waals surface area contributed by atoms with Gasteiger partial charge in [-0.15, -0.1) is 0 Å². The Morgan fingerprint density at radius 3 is 2.45 bits per heavy atom. The van der Waals surface area contributed by atoms with Crippen molar-refractivity contribution in [2.45, 2.75) is 19.0 Å². The zero-order valence-corrected chi connectivity index (χ0v) is 21.4. The summed E-state index contributed by atoms with van der Waals surface area (Å²) in [6, 6.07) is 14.4. The van der Waals surface area contributed by atoms with Crippen LogP contribution in [0.15, 0.2) is 77.5 Å². The van der Waals surface area contributed by atoms with E-state index < -0.39 is 11.7 Å². The number of amides is 1. The van der Waals surface area contributed by atoms with E-state index in [1.165, 1.54) is 6.08 Å². The van der Waals surface area contributed by atoms with Gasteiger partial charge < -0.3 is 14.1 Å². The number of furan rings is 1. The van der Waals surface area contributed by atoms with Gasteiger partial charge in [0, 0.05) is 49.3 Å². The van der Waals surface area contributed by atoms with E-state index in [4.69, 9.17) is 9.15 Å². The van der Waals surface area contributed by atoms with Gasteiger partial charge in [0.1, 0.15) is 11.3 Å². The van der Waals surface area contributed by atoms with E-state index in [-0.39, 0.29) is 35.5 Å².